The average molecular weight is 280 g/mol. The van der Waals surface area contributed by atoms with Crippen LogP contribution in [0, 0.1) is 0 Å². The van der Waals surface area contributed by atoms with E-state index in [1.807, 2.05) is 6.92 Å². The highest BCUT2D eigenvalue weighted by atomic mass is 32.1. The minimum atomic E-state index is -0.782. The molecule has 0 aliphatic rings. The second-order valence-corrected chi connectivity index (χ2v) is 4.73. The van der Waals surface area contributed by atoms with E-state index in [9.17, 15) is 5.11 Å². The molecule has 6 heteroatoms. The quantitative estimate of drug-likeness (QED) is 0.909. The molecule has 1 unspecified atom stereocenters. The number of rotatable bonds is 5. The zero-order chi connectivity index (χ0) is 13.8. The first-order valence-electron chi connectivity index (χ1n) is 5.92. The summed E-state index contributed by atoms with van der Waals surface area (Å²) in [7, 11) is 3.16. The van der Waals surface area contributed by atoms with E-state index in [0.29, 0.717) is 17.1 Å². The first-order valence-corrected chi connectivity index (χ1v) is 6.69. The van der Waals surface area contributed by atoms with Gasteiger partial charge in [-0.2, -0.15) is 0 Å². The van der Waals surface area contributed by atoms with Crippen molar-refractivity contribution in [2.45, 2.75) is 19.4 Å². The summed E-state index contributed by atoms with van der Waals surface area (Å²) in [5.41, 5.74) is 1.50. The van der Waals surface area contributed by atoms with Crippen LogP contribution in [0.15, 0.2) is 18.2 Å². The number of aliphatic hydroxyl groups excluding tert-OH is 1. The minimum Gasteiger partial charge on any atom is -0.497 e. The van der Waals surface area contributed by atoms with Crippen LogP contribution >= 0.6 is 11.5 Å². The maximum absolute atomic E-state index is 10.5. The molecule has 0 saturated carbocycles. The van der Waals surface area contributed by atoms with Crippen LogP contribution in [0.4, 0.5) is 0 Å². The Balaban J connectivity index is 2.41. The maximum atomic E-state index is 10.5. The first-order chi connectivity index (χ1) is 9.21. The molecule has 0 spiro atoms. The number of nitrogens with zero attached hydrogens (tertiary/aromatic N) is 2. The molecule has 1 atom stereocenters. The van der Waals surface area contributed by atoms with Crippen LogP contribution in [0.1, 0.15) is 29.2 Å². The molecular formula is C13H16N2O3S. The summed E-state index contributed by atoms with van der Waals surface area (Å²) < 4.78 is 14.3. The zero-order valence-electron chi connectivity index (χ0n) is 11.1. The van der Waals surface area contributed by atoms with Crippen molar-refractivity contribution in [3.8, 4) is 11.5 Å². The van der Waals surface area contributed by atoms with E-state index in [2.05, 4.69) is 9.59 Å². The van der Waals surface area contributed by atoms with Gasteiger partial charge in [-0.3, -0.25) is 0 Å². The monoisotopic (exact) mass is 280 g/mol. The molecule has 5 nitrogen and oxygen atoms in total. The summed E-state index contributed by atoms with van der Waals surface area (Å²) in [4.78, 5) is 0.756. The number of hydrogen-bond acceptors (Lipinski definition) is 6. The van der Waals surface area contributed by atoms with Crippen molar-refractivity contribution in [3.63, 3.8) is 0 Å². The van der Waals surface area contributed by atoms with Gasteiger partial charge in [0.2, 0.25) is 0 Å². The third-order valence-electron chi connectivity index (χ3n) is 2.90. The van der Waals surface area contributed by atoms with Crippen LogP contribution in [0.3, 0.4) is 0 Å². The molecule has 0 fully saturated rings. The van der Waals surface area contributed by atoms with Gasteiger partial charge in [0, 0.05) is 11.6 Å². The van der Waals surface area contributed by atoms with Gasteiger partial charge >= 0.3 is 0 Å². The summed E-state index contributed by atoms with van der Waals surface area (Å²) in [5.74, 6) is 1.27. The Morgan fingerprint density at radius 1 is 1.32 bits per heavy atom. The number of aromatic nitrogens is 2. The summed E-state index contributed by atoms with van der Waals surface area (Å²) in [6.07, 6.45) is -0.0442. The van der Waals surface area contributed by atoms with E-state index in [1.54, 1.807) is 32.4 Å². The second-order valence-electron chi connectivity index (χ2n) is 3.95. The molecule has 0 amide bonds. The third-order valence-corrected chi connectivity index (χ3v) is 3.72. The number of ether oxygens (including phenoxy) is 2. The first kappa shape index (κ1) is 13.8. The number of benzene rings is 1. The molecule has 1 heterocycles. The predicted molar refractivity (Wildman–Crippen MR) is 72.9 cm³/mol. The van der Waals surface area contributed by atoms with Crippen molar-refractivity contribution in [1.82, 2.24) is 9.59 Å². The van der Waals surface area contributed by atoms with Crippen LogP contribution < -0.4 is 9.47 Å². The maximum Gasteiger partial charge on any atom is 0.128 e. The standard InChI is InChI=1S/C13H16N2O3S/c1-4-10-13(19-15-14-10)12(16)9-6-5-8(17-2)7-11(9)18-3/h5-7,12,16H,4H2,1-3H3. The van der Waals surface area contributed by atoms with Crippen LogP contribution in [0.5, 0.6) is 11.5 Å². The summed E-state index contributed by atoms with van der Waals surface area (Å²) in [5, 5.41) is 14.5. The summed E-state index contributed by atoms with van der Waals surface area (Å²) in [6, 6.07) is 5.33. The van der Waals surface area contributed by atoms with E-state index < -0.39 is 6.10 Å². The molecule has 102 valence electrons. The SMILES string of the molecule is CCc1nnsc1C(O)c1ccc(OC)cc1OC. The molecule has 0 radical (unpaired) electrons. The van der Waals surface area contributed by atoms with E-state index in [-0.39, 0.29) is 0 Å². The van der Waals surface area contributed by atoms with Crippen LogP contribution in [-0.2, 0) is 6.42 Å². The molecule has 1 aromatic carbocycles. The fourth-order valence-electron chi connectivity index (χ4n) is 1.85. The second kappa shape index (κ2) is 5.99. The van der Waals surface area contributed by atoms with Crippen molar-refractivity contribution in [2.24, 2.45) is 0 Å². The van der Waals surface area contributed by atoms with Crippen molar-refractivity contribution in [1.29, 1.82) is 0 Å². The van der Waals surface area contributed by atoms with E-state index in [4.69, 9.17) is 9.47 Å². The van der Waals surface area contributed by atoms with Gasteiger partial charge in [0.05, 0.1) is 24.8 Å². The number of aryl methyl sites for hydroxylation is 1. The Hall–Kier alpha value is -1.66. The van der Waals surface area contributed by atoms with Gasteiger partial charge in [0.1, 0.15) is 17.6 Å². The minimum absolute atomic E-state index is 0.585. The predicted octanol–water partition coefficient (Wildman–Crippen LogP) is 2.20. The van der Waals surface area contributed by atoms with E-state index >= 15 is 0 Å². The van der Waals surface area contributed by atoms with Crippen LogP contribution in [0.25, 0.3) is 0 Å². The largest absolute Gasteiger partial charge is 0.497 e. The smallest absolute Gasteiger partial charge is 0.128 e. The molecule has 1 N–H and O–H groups in total. The van der Waals surface area contributed by atoms with Gasteiger partial charge in [0.15, 0.2) is 0 Å². The normalized spacial score (nSPS) is 12.2. The fraction of sp³-hybridized carbons (Fsp3) is 0.385. The van der Waals surface area contributed by atoms with Crippen LogP contribution in [0.2, 0.25) is 0 Å². The Kier molecular flexibility index (Phi) is 4.34. The lowest BCUT2D eigenvalue weighted by molar-refractivity contribution is 0.217. The van der Waals surface area contributed by atoms with Crippen molar-refractivity contribution in [2.75, 3.05) is 14.2 Å². The van der Waals surface area contributed by atoms with Gasteiger partial charge in [-0.25, -0.2) is 0 Å². The highest BCUT2D eigenvalue weighted by molar-refractivity contribution is 7.05. The van der Waals surface area contributed by atoms with E-state index in [0.717, 1.165) is 17.0 Å². The molecule has 0 bridgehead atoms. The molecule has 0 saturated heterocycles. The Morgan fingerprint density at radius 3 is 2.74 bits per heavy atom. The van der Waals surface area contributed by atoms with Gasteiger partial charge < -0.3 is 14.6 Å². The lowest BCUT2D eigenvalue weighted by Gasteiger charge is -2.15. The third kappa shape index (κ3) is 2.69. The van der Waals surface area contributed by atoms with Crippen LogP contribution in [-0.4, -0.2) is 28.9 Å². The number of aliphatic hydroxyl groups is 1. The molecule has 2 aromatic rings. The highest BCUT2D eigenvalue weighted by Crippen LogP contribution is 2.35. The molecule has 1 aromatic heterocycles. The molecule has 0 aliphatic carbocycles. The van der Waals surface area contributed by atoms with Crippen molar-refractivity contribution < 1.29 is 14.6 Å². The molecule has 19 heavy (non-hydrogen) atoms. The van der Waals surface area contributed by atoms with Gasteiger partial charge in [-0.05, 0) is 30.1 Å². The van der Waals surface area contributed by atoms with Gasteiger partial charge in [-0.1, -0.05) is 11.4 Å². The van der Waals surface area contributed by atoms with Gasteiger partial charge in [-0.15, -0.1) is 5.10 Å². The topological polar surface area (TPSA) is 64.5 Å². The highest BCUT2D eigenvalue weighted by Gasteiger charge is 2.21. The lowest BCUT2D eigenvalue weighted by atomic mass is 10.0. The van der Waals surface area contributed by atoms with Crippen molar-refractivity contribution in [3.05, 3.63) is 34.3 Å². The molecular weight excluding hydrogens is 264 g/mol. The Morgan fingerprint density at radius 2 is 2.11 bits per heavy atom. The van der Waals surface area contributed by atoms with Gasteiger partial charge in [0.25, 0.3) is 0 Å². The van der Waals surface area contributed by atoms with E-state index in [1.165, 1.54) is 11.5 Å². The number of hydrogen-bond donors (Lipinski definition) is 1. The summed E-state index contributed by atoms with van der Waals surface area (Å²) >= 11 is 1.21. The molecule has 0 aliphatic heterocycles. The zero-order valence-corrected chi connectivity index (χ0v) is 11.9. The Bertz CT molecular complexity index is 557. The lowest BCUT2D eigenvalue weighted by Crippen LogP contribution is -2.03. The molecule has 2 rings (SSSR count). The summed E-state index contributed by atoms with van der Waals surface area (Å²) in [6.45, 7) is 1.98. The number of methoxy groups -OCH3 is 2. The fourth-order valence-corrected chi connectivity index (χ4v) is 2.60. The average Bonchev–Trinajstić information content (AvgIpc) is 2.94. The van der Waals surface area contributed by atoms with Crippen molar-refractivity contribution >= 4 is 11.5 Å². The Labute approximate surface area is 116 Å².